The van der Waals surface area contributed by atoms with Gasteiger partial charge in [-0.15, -0.1) is 0 Å². The molecule has 0 fully saturated rings. The van der Waals surface area contributed by atoms with Gasteiger partial charge in [-0.1, -0.05) is 12.1 Å². The molecule has 0 unspecified atom stereocenters. The third kappa shape index (κ3) is 2.66. The summed E-state index contributed by atoms with van der Waals surface area (Å²) in [5.41, 5.74) is 0.339. The molecule has 2 rings (SSSR count). The molecule has 0 radical (unpaired) electrons. The molecule has 4 nitrogen and oxygen atoms in total. The smallest absolute Gasteiger partial charge is 0.423 e. The maximum Gasteiger partial charge on any atom is 0.488 e. The third-order valence-electron chi connectivity index (χ3n) is 2.63. The van der Waals surface area contributed by atoms with Crippen molar-refractivity contribution in [3.8, 4) is 0 Å². The molecule has 0 aliphatic heterocycles. The molecule has 0 atom stereocenters. The number of nitrogens with zero attached hydrogens (tertiary/aromatic N) is 1. The zero-order valence-corrected chi connectivity index (χ0v) is 9.45. The van der Waals surface area contributed by atoms with Gasteiger partial charge < -0.3 is 14.6 Å². The van der Waals surface area contributed by atoms with Gasteiger partial charge in [-0.2, -0.15) is 0 Å². The van der Waals surface area contributed by atoms with Gasteiger partial charge in [-0.05, 0) is 29.2 Å². The lowest BCUT2D eigenvalue weighted by Crippen LogP contribution is -2.35. The molecule has 1 aromatic heterocycles. The van der Waals surface area contributed by atoms with E-state index in [1.807, 2.05) is 0 Å². The van der Waals surface area contributed by atoms with Gasteiger partial charge in [0.05, 0.1) is 6.54 Å². The standard InChI is InChI=1S/C12H11BFNO3/c14-10-5-4-9(11(7-10)13(17)18)8-15-6-2-1-3-12(15)16/h1-7,17-18H,8H2. The van der Waals surface area contributed by atoms with Crippen molar-refractivity contribution >= 4 is 12.6 Å². The number of benzene rings is 1. The number of rotatable bonds is 3. The minimum atomic E-state index is -1.77. The molecule has 6 heteroatoms. The zero-order valence-electron chi connectivity index (χ0n) is 9.45. The quantitative estimate of drug-likeness (QED) is 0.733. The highest BCUT2D eigenvalue weighted by molar-refractivity contribution is 6.59. The highest BCUT2D eigenvalue weighted by Crippen LogP contribution is 2.03. The van der Waals surface area contributed by atoms with Crippen LogP contribution in [0.4, 0.5) is 4.39 Å². The number of aromatic nitrogens is 1. The van der Waals surface area contributed by atoms with Gasteiger partial charge in [-0.3, -0.25) is 4.79 Å². The first-order valence-electron chi connectivity index (χ1n) is 5.38. The van der Waals surface area contributed by atoms with Crippen LogP contribution in [0.5, 0.6) is 0 Å². The number of hydrogen-bond donors (Lipinski definition) is 2. The summed E-state index contributed by atoms with van der Waals surface area (Å²) in [6.07, 6.45) is 1.58. The van der Waals surface area contributed by atoms with Crippen LogP contribution in [-0.2, 0) is 6.54 Å². The third-order valence-corrected chi connectivity index (χ3v) is 2.63. The SMILES string of the molecule is O=c1ccccn1Cc1ccc(F)cc1B(O)O. The minimum absolute atomic E-state index is 0.0609. The Kier molecular flexibility index (Phi) is 3.59. The van der Waals surface area contributed by atoms with Crippen molar-refractivity contribution in [2.24, 2.45) is 0 Å². The van der Waals surface area contributed by atoms with Gasteiger partial charge in [-0.25, -0.2) is 4.39 Å². The fourth-order valence-corrected chi connectivity index (χ4v) is 1.72. The summed E-state index contributed by atoms with van der Waals surface area (Å²) in [4.78, 5) is 11.5. The Hall–Kier alpha value is -1.92. The van der Waals surface area contributed by atoms with E-state index in [1.54, 1.807) is 18.3 Å². The van der Waals surface area contributed by atoms with Gasteiger partial charge >= 0.3 is 7.12 Å². The second-order valence-electron chi connectivity index (χ2n) is 3.88. The van der Waals surface area contributed by atoms with Crippen LogP contribution >= 0.6 is 0 Å². The Labute approximate surface area is 103 Å². The summed E-state index contributed by atoms with van der Waals surface area (Å²) >= 11 is 0. The monoisotopic (exact) mass is 247 g/mol. The fraction of sp³-hybridized carbons (Fsp3) is 0.0833. The van der Waals surface area contributed by atoms with Crippen molar-refractivity contribution in [3.05, 3.63) is 64.3 Å². The lowest BCUT2D eigenvalue weighted by atomic mass is 9.77. The summed E-state index contributed by atoms with van der Waals surface area (Å²) in [6, 6.07) is 8.41. The molecule has 92 valence electrons. The number of hydrogen-bond acceptors (Lipinski definition) is 3. The largest absolute Gasteiger partial charge is 0.488 e. The van der Waals surface area contributed by atoms with E-state index in [1.165, 1.54) is 22.8 Å². The molecule has 0 aliphatic carbocycles. The van der Waals surface area contributed by atoms with Crippen LogP contribution in [0.2, 0.25) is 0 Å². The second kappa shape index (κ2) is 5.16. The Balaban J connectivity index is 2.41. The maximum atomic E-state index is 13.0. The Bertz CT molecular complexity index is 612. The van der Waals surface area contributed by atoms with Gasteiger partial charge in [0.25, 0.3) is 5.56 Å². The Morgan fingerprint density at radius 1 is 1.22 bits per heavy atom. The summed E-state index contributed by atoms with van der Waals surface area (Å²) in [6.45, 7) is 0.160. The summed E-state index contributed by atoms with van der Waals surface area (Å²) < 4.78 is 14.4. The molecule has 18 heavy (non-hydrogen) atoms. The van der Waals surface area contributed by atoms with Crippen LogP contribution in [0, 0.1) is 5.82 Å². The second-order valence-corrected chi connectivity index (χ2v) is 3.88. The van der Waals surface area contributed by atoms with Gasteiger partial charge in [0, 0.05) is 12.3 Å². The van der Waals surface area contributed by atoms with E-state index in [2.05, 4.69) is 0 Å². The molecular weight excluding hydrogens is 236 g/mol. The number of halogens is 1. The minimum Gasteiger partial charge on any atom is -0.423 e. The Morgan fingerprint density at radius 3 is 2.67 bits per heavy atom. The van der Waals surface area contributed by atoms with E-state index in [0.717, 1.165) is 6.07 Å². The van der Waals surface area contributed by atoms with Crippen LogP contribution in [0.15, 0.2) is 47.4 Å². The van der Waals surface area contributed by atoms with Crippen molar-refractivity contribution in [1.82, 2.24) is 4.57 Å². The average Bonchev–Trinajstić information content (AvgIpc) is 2.34. The topological polar surface area (TPSA) is 62.5 Å². The molecule has 0 saturated heterocycles. The van der Waals surface area contributed by atoms with Gasteiger partial charge in [0.1, 0.15) is 5.82 Å². The Morgan fingerprint density at radius 2 is 2.00 bits per heavy atom. The predicted molar refractivity (Wildman–Crippen MR) is 66.0 cm³/mol. The van der Waals surface area contributed by atoms with E-state index >= 15 is 0 Å². The van der Waals surface area contributed by atoms with Crippen LogP contribution in [0.25, 0.3) is 0 Å². The first-order valence-corrected chi connectivity index (χ1v) is 5.38. The van der Waals surface area contributed by atoms with Crippen LogP contribution < -0.4 is 11.0 Å². The van der Waals surface area contributed by atoms with Gasteiger partial charge in [0.2, 0.25) is 0 Å². The van der Waals surface area contributed by atoms with E-state index in [-0.39, 0.29) is 17.6 Å². The van der Waals surface area contributed by atoms with E-state index < -0.39 is 12.9 Å². The van der Waals surface area contributed by atoms with Crippen molar-refractivity contribution in [1.29, 1.82) is 0 Å². The first kappa shape index (κ1) is 12.5. The van der Waals surface area contributed by atoms with E-state index in [4.69, 9.17) is 0 Å². The summed E-state index contributed by atoms with van der Waals surface area (Å²) in [7, 11) is -1.77. The van der Waals surface area contributed by atoms with Crippen LogP contribution in [0.3, 0.4) is 0 Å². The molecule has 2 N–H and O–H groups in total. The summed E-state index contributed by atoms with van der Waals surface area (Å²) in [5.74, 6) is -0.553. The maximum absolute atomic E-state index is 13.0. The van der Waals surface area contributed by atoms with E-state index in [9.17, 15) is 19.2 Å². The predicted octanol–water partition coefficient (Wildman–Crippen LogP) is -0.285. The normalized spacial score (nSPS) is 10.4. The molecule has 0 bridgehead atoms. The first-order chi connectivity index (χ1) is 8.58. The zero-order chi connectivity index (χ0) is 13.1. The molecular formula is C12H11BFNO3. The molecule has 0 aliphatic rings. The van der Waals surface area contributed by atoms with Crippen LogP contribution in [0.1, 0.15) is 5.56 Å². The lowest BCUT2D eigenvalue weighted by Gasteiger charge is -2.10. The molecule has 1 heterocycles. The van der Waals surface area contributed by atoms with Crippen molar-refractivity contribution < 1.29 is 14.4 Å². The average molecular weight is 247 g/mol. The summed E-state index contributed by atoms with van der Waals surface area (Å²) in [5, 5.41) is 18.4. The van der Waals surface area contributed by atoms with Gasteiger partial charge in [0.15, 0.2) is 0 Å². The molecule has 0 spiro atoms. The lowest BCUT2D eigenvalue weighted by molar-refractivity contribution is 0.425. The molecule has 2 aromatic rings. The van der Waals surface area contributed by atoms with E-state index in [0.29, 0.717) is 5.56 Å². The highest BCUT2D eigenvalue weighted by atomic mass is 19.1. The molecule has 0 saturated carbocycles. The van der Waals surface area contributed by atoms with Crippen LogP contribution in [-0.4, -0.2) is 21.7 Å². The molecule has 1 aromatic carbocycles. The number of pyridine rings is 1. The highest BCUT2D eigenvalue weighted by Gasteiger charge is 2.17. The van der Waals surface area contributed by atoms with Crippen molar-refractivity contribution in [2.45, 2.75) is 6.54 Å². The van der Waals surface area contributed by atoms with Crippen molar-refractivity contribution in [2.75, 3.05) is 0 Å². The molecule has 0 amide bonds. The van der Waals surface area contributed by atoms with Crippen molar-refractivity contribution in [3.63, 3.8) is 0 Å². The fourth-order valence-electron chi connectivity index (χ4n) is 1.72.